The lowest BCUT2D eigenvalue weighted by atomic mass is 10.1. The van der Waals surface area contributed by atoms with Gasteiger partial charge in [0.25, 0.3) is 0 Å². The molecule has 1 heterocycles. The minimum absolute atomic E-state index is 0.0883. The molecule has 1 aliphatic rings. The summed E-state index contributed by atoms with van der Waals surface area (Å²) in [4.78, 5) is 12.2. The fourth-order valence-corrected chi connectivity index (χ4v) is 4.90. The molecule has 174 valence electrons. The van der Waals surface area contributed by atoms with Gasteiger partial charge in [0.05, 0.1) is 41.9 Å². The molecule has 0 saturated carbocycles. The Bertz CT molecular complexity index is 1330. The minimum atomic E-state index is -1.63. The lowest BCUT2D eigenvalue weighted by Crippen LogP contribution is -1.98. The quantitative estimate of drug-likeness (QED) is 0.348. The van der Waals surface area contributed by atoms with Crippen LogP contribution in [-0.2, 0) is 20.3 Å². The number of benzene rings is 3. The highest BCUT2D eigenvalue weighted by Crippen LogP contribution is 2.44. The second-order valence-corrected chi connectivity index (χ2v) is 8.55. The Labute approximate surface area is 198 Å². The van der Waals surface area contributed by atoms with Gasteiger partial charge in [-0.15, -0.1) is 0 Å². The van der Waals surface area contributed by atoms with Crippen LogP contribution in [0.2, 0.25) is 0 Å². The van der Waals surface area contributed by atoms with Crippen molar-refractivity contribution in [1.29, 1.82) is 0 Å². The maximum absolute atomic E-state index is 14.5. The van der Waals surface area contributed by atoms with E-state index in [-0.39, 0.29) is 5.75 Å². The lowest BCUT2D eigenvalue weighted by Gasteiger charge is -2.11. The first kappa shape index (κ1) is 23.3. The molecule has 1 aliphatic heterocycles. The number of carbonyl (C=O) groups is 1. The second kappa shape index (κ2) is 9.93. The van der Waals surface area contributed by atoms with Gasteiger partial charge in [0.2, 0.25) is 0 Å². The van der Waals surface area contributed by atoms with E-state index in [4.69, 9.17) is 14.2 Å². The Morgan fingerprint density at radius 3 is 2.29 bits per heavy atom. The Kier molecular flexibility index (Phi) is 6.79. The van der Waals surface area contributed by atoms with Gasteiger partial charge in [0.15, 0.2) is 17.3 Å². The zero-order valence-electron chi connectivity index (χ0n) is 18.7. The van der Waals surface area contributed by atoms with Crippen LogP contribution in [0.5, 0.6) is 17.2 Å². The summed E-state index contributed by atoms with van der Waals surface area (Å²) < 4.78 is 49.0. The molecule has 0 amide bonds. The van der Waals surface area contributed by atoms with Gasteiger partial charge in [0.1, 0.15) is 11.5 Å². The van der Waals surface area contributed by atoms with Gasteiger partial charge in [-0.05, 0) is 65.7 Å². The van der Waals surface area contributed by atoms with Crippen molar-refractivity contribution < 1.29 is 32.3 Å². The van der Waals surface area contributed by atoms with Crippen LogP contribution in [0.4, 0.5) is 4.39 Å². The molecule has 0 aliphatic carbocycles. The van der Waals surface area contributed by atoms with Gasteiger partial charge in [-0.25, -0.2) is 13.4 Å². The molecule has 1 unspecified atom stereocenters. The normalized spacial score (nSPS) is 14.8. The molecule has 0 radical (unpaired) electrons. The first-order chi connectivity index (χ1) is 16.4. The van der Waals surface area contributed by atoms with Crippen molar-refractivity contribution in [2.24, 2.45) is 0 Å². The summed E-state index contributed by atoms with van der Waals surface area (Å²) in [5, 5.41) is 0. The molecule has 8 heteroatoms. The van der Waals surface area contributed by atoms with Crippen LogP contribution < -0.4 is 14.2 Å². The predicted octanol–water partition coefficient (Wildman–Crippen LogP) is 5.06. The van der Waals surface area contributed by atoms with Crippen molar-refractivity contribution in [2.45, 2.75) is 4.90 Å². The molecule has 0 N–H and O–H groups in total. The molecule has 3 aromatic carbocycles. The monoisotopic (exact) mass is 480 g/mol. The molecular formula is C26H21FO6S. The number of hydrogen-bond donors (Lipinski definition) is 0. The van der Waals surface area contributed by atoms with E-state index in [0.717, 1.165) is 5.56 Å². The zero-order valence-corrected chi connectivity index (χ0v) is 19.5. The first-order valence-corrected chi connectivity index (χ1v) is 11.3. The molecule has 4 rings (SSSR count). The van der Waals surface area contributed by atoms with E-state index >= 15 is 0 Å². The third kappa shape index (κ3) is 4.58. The fraction of sp³-hybridized carbons (Fsp3) is 0.115. The van der Waals surface area contributed by atoms with E-state index in [1.54, 1.807) is 54.6 Å². The van der Waals surface area contributed by atoms with Crippen LogP contribution in [0.3, 0.4) is 0 Å². The van der Waals surface area contributed by atoms with Crippen molar-refractivity contribution in [3.63, 3.8) is 0 Å². The molecule has 0 bridgehead atoms. The Hall–Kier alpha value is -3.91. The SMILES string of the molecule is COC(=O)C=Cc1ccc(OC2=C(c3ccc(OC)c(F)c3)S(=O)c3cc(OC)ccc32)cc1. The smallest absolute Gasteiger partial charge is 0.330 e. The molecule has 1 atom stereocenters. The summed E-state index contributed by atoms with van der Waals surface area (Å²) in [5.41, 5.74) is 1.81. The average Bonchev–Trinajstić information content (AvgIpc) is 3.13. The summed E-state index contributed by atoms with van der Waals surface area (Å²) in [7, 11) is 2.59. The lowest BCUT2D eigenvalue weighted by molar-refractivity contribution is -0.134. The van der Waals surface area contributed by atoms with E-state index in [1.807, 2.05) is 0 Å². The van der Waals surface area contributed by atoms with Gasteiger partial charge in [0, 0.05) is 11.6 Å². The van der Waals surface area contributed by atoms with Crippen LogP contribution >= 0.6 is 0 Å². The number of ether oxygens (including phenoxy) is 4. The van der Waals surface area contributed by atoms with Crippen LogP contribution in [0.1, 0.15) is 16.7 Å². The number of carbonyl (C=O) groups excluding carboxylic acids is 1. The highest BCUT2D eigenvalue weighted by atomic mass is 32.2. The zero-order chi connectivity index (χ0) is 24.2. The number of rotatable bonds is 7. The maximum Gasteiger partial charge on any atom is 0.330 e. The van der Waals surface area contributed by atoms with Gasteiger partial charge in [-0.1, -0.05) is 12.1 Å². The molecule has 0 aromatic heterocycles. The van der Waals surface area contributed by atoms with E-state index in [0.29, 0.717) is 38.2 Å². The van der Waals surface area contributed by atoms with Crippen LogP contribution in [0.25, 0.3) is 16.7 Å². The molecule has 0 spiro atoms. The van der Waals surface area contributed by atoms with E-state index in [1.165, 1.54) is 39.5 Å². The number of hydrogen-bond acceptors (Lipinski definition) is 6. The number of methoxy groups -OCH3 is 3. The summed E-state index contributed by atoms with van der Waals surface area (Å²) in [6, 6.07) is 16.6. The van der Waals surface area contributed by atoms with E-state index in [9.17, 15) is 13.4 Å². The first-order valence-electron chi connectivity index (χ1n) is 10.2. The fourth-order valence-electron chi connectivity index (χ4n) is 3.43. The third-order valence-corrected chi connectivity index (χ3v) is 6.68. The summed E-state index contributed by atoms with van der Waals surface area (Å²) in [5.74, 6) is 0.456. The van der Waals surface area contributed by atoms with Crippen LogP contribution in [0.15, 0.2) is 71.6 Å². The third-order valence-electron chi connectivity index (χ3n) is 5.15. The minimum Gasteiger partial charge on any atom is -0.497 e. The van der Waals surface area contributed by atoms with Crippen molar-refractivity contribution in [3.05, 3.63) is 89.2 Å². The Morgan fingerprint density at radius 1 is 0.912 bits per heavy atom. The maximum atomic E-state index is 14.5. The van der Waals surface area contributed by atoms with Crippen molar-refractivity contribution >= 4 is 33.5 Å². The highest BCUT2D eigenvalue weighted by Gasteiger charge is 2.32. The summed E-state index contributed by atoms with van der Waals surface area (Å²) in [6.45, 7) is 0. The molecule has 0 fully saturated rings. The van der Waals surface area contributed by atoms with Crippen LogP contribution in [0, 0.1) is 5.82 Å². The number of fused-ring (bicyclic) bond motifs is 1. The predicted molar refractivity (Wildman–Crippen MR) is 127 cm³/mol. The average molecular weight is 481 g/mol. The molecular weight excluding hydrogens is 459 g/mol. The largest absolute Gasteiger partial charge is 0.497 e. The molecule has 34 heavy (non-hydrogen) atoms. The molecule has 0 saturated heterocycles. The van der Waals surface area contributed by atoms with Crippen molar-refractivity contribution in [1.82, 2.24) is 0 Å². The number of esters is 1. The topological polar surface area (TPSA) is 71.1 Å². The van der Waals surface area contributed by atoms with Gasteiger partial charge >= 0.3 is 5.97 Å². The van der Waals surface area contributed by atoms with Gasteiger partial charge < -0.3 is 18.9 Å². The van der Waals surface area contributed by atoms with Crippen LogP contribution in [-0.4, -0.2) is 31.5 Å². The highest BCUT2D eigenvalue weighted by molar-refractivity contribution is 7.95. The van der Waals surface area contributed by atoms with Gasteiger partial charge in [-0.3, -0.25) is 0 Å². The Morgan fingerprint density at radius 2 is 1.65 bits per heavy atom. The van der Waals surface area contributed by atoms with Gasteiger partial charge in [-0.2, -0.15) is 0 Å². The summed E-state index contributed by atoms with van der Waals surface area (Å²) in [6.07, 6.45) is 2.94. The van der Waals surface area contributed by atoms with Crippen molar-refractivity contribution in [2.75, 3.05) is 21.3 Å². The van der Waals surface area contributed by atoms with E-state index in [2.05, 4.69) is 4.74 Å². The van der Waals surface area contributed by atoms with Crippen molar-refractivity contribution in [3.8, 4) is 17.2 Å². The Balaban J connectivity index is 1.75. The van der Waals surface area contributed by atoms with E-state index < -0.39 is 22.6 Å². The second-order valence-electron chi connectivity index (χ2n) is 7.17. The standard InChI is InChI=1S/C26H21FO6S/c1-30-19-10-11-20-23(15-19)34(29)26(17-7-12-22(31-2)21(27)14-17)25(20)33-18-8-4-16(5-9-18)6-13-24(28)32-3/h4-15H,1-3H3. The molecule has 6 nitrogen and oxygen atoms in total. The number of halogens is 1. The summed E-state index contributed by atoms with van der Waals surface area (Å²) >= 11 is 0. The molecule has 3 aromatic rings.